The highest BCUT2D eigenvalue weighted by molar-refractivity contribution is 5.80. The molecule has 0 bridgehead atoms. The number of anilines is 1. The Morgan fingerprint density at radius 1 is 1.12 bits per heavy atom. The molecule has 1 fully saturated rings. The molecule has 0 aliphatic carbocycles. The minimum Gasteiger partial charge on any atom is -0.370 e. The SMILES string of the molecule is NC(=O)CCN(Cc1ccccc1)C(=O)C1CCN(c2ccc(C(F)(F)F)cc2[N+](=O)[O-])CC1. The van der Waals surface area contributed by atoms with Crippen molar-refractivity contribution in [2.45, 2.75) is 32.0 Å². The Balaban J connectivity index is 1.71. The van der Waals surface area contributed by atoms with Crippen LogP contribution in [0.4, 0.5) is 24.5 Å². The molecule has 1 saturated heterocycles. The quantitative estimate of drug-likeness (QED) is 0.459. The van der Waals surface area contributed by atoms with E-state index < -0.39 is 28.3 Å². The third kappa shape index (κ3) is 6.24. The number of hydrogen-bond donors (Lipinski definition) is 1. The van der Waals surface area contributed by atoms with Gasteiger partial charge >= 0.3 is 6.18 Å². The number of halogens is 3. The Kier molecular flexibility index (Phi) is 7.75. The summed E-state index contributed by atoms with van der Waals surface area (Å²) in [7, 11) is 0. The van der Waals surface area contributed by atoms with Crippen molar-refractivity contribution in [3.8, 4) is 0 Å². The van der Waals surface area contributed by atoms with Crippen LogP contribution in [0.3, 0.4) is 0 Å². The molecule has 0 aromatic heterocycles. The number of nitrogens with two attached hydrogens (primary N) is 1. The second kappa shape index (κ2) is 10.5. The van der Waals surface area contributed by atoms with E-state index in [4.69, 9.17) is 5.73 Å². The summed E-state index contributed by atoms with van der Waals surface area (Å²) in [6.07, 6.45) is -3.91. The molecule has 3 rings (SSSR count). The average Bonchev–Trinajstić information content (AvgIpc) is 2.81. The van der Waals surface area contributed by atoms with E-state index in [1.807, 2.05) is 30.3 Å². The van der Waals surface area contributed by atoms with Gasteiger partial charge < -0.3 is 15.5 Å². The topological polar surface area (TPSA) is 110 Å². The smallest absolute Gasteiger partial charge is 0.370 e. The van der Waals surface area contributed by atoms with Gasteiger partial charge in [-0.1, -0.05) is 30.3 Å². The van der Waals surface area contributed by atoms with E-state index in [0.717, 1.165) is 17.7 Å². The predicted octanol–water partition coefficient (Wildman–Crippen LogP) is 3.73. The summed E-state index contributed by atoms with van der Waals surface area (Å²) in [6.45, 7) is 1.04. The van der Waals surface area contributed by atoms with E-state index in [-0.39, 0.29) is 43.6 Å². The maximum absolute atomic E-state index is 13.2. The maximum Gasteiger partial charge on any atom is 0.416 e. The fourth-order valence-corrected chi connectivity index (χ4v) is 4.06. The molecule has 2 N–H and O–H groups in total. The molecule has 8 nitrogen and oxygen atoms in total. The van der Waals surface area contributed by atoms with Gasteiger partial charge in [0, 0.05) is 44.6 Å². The molecule has 0 atom stereocenters. The number of rotatable bonds is 8. The molecule has 2 aromatic rings. The van der Waals surface area contributed by atoms with E-state index in [1.165, 1.54) is 0 Å². The summed E-state index contributed by atoms with van der Waals surface area (Å²) < 4.78 is 38.9. The largest absolute Gasteiger partial charge is 0.416 e. The van der Waals surface area contributed by atoms with Crippen LogP contribution < -0.4 is 10.6 Å². The molecule has 0 saturated carbocycles. The monoisotopic (exact) mass is 478 g/mol. The summed E-state index contributed by atoms with van der Waals surface area (Å²) in [5.41, 5.74) is 4.56. The molecule has 2 amide bonds. The Labute approximate surface area is 194 Å². The minimum atomic E-state index is -4.68. The van der Waals surface area contributed by atoms with Crippen molar-refractivity contribution >= 4 is 23.2 Å². The molecule has 2 aromatic carbocycles. The standard InChI is InChI=1S/C23H25F3N4O4/c24-23(25,26)18-6-7-19(20(14-18)30(33)34)28-11-8-17(9-12-28)22(32)29(13-10-21(27)31)15-16-4-2-1-3-5-16/h1-7,14,17H,8-13,15H2,(H2,27,31). The molecule has 182 valence electrons. The van der Waals surface area contributed by atoms with Crippen LogP contribution in [0.25, 0.3) is 0 Å². The highest BCUT2D eigenvalue weighted by Crippen LogP contribution is 2.37. The van der Waals surface area contributed by atoms with Gasteiger partial charge in [0.2, 0.25) is 11.8 Å². The third-order valence-electron chi connectivity index (χ3n) is 5.84. The lowest BCUT2D eigenvalue weighted by molar-refractivity contribution is -0.384. The van der Waals surface area contributed by atoms with Gasteiger partial charge in [-0.05, 0) is 30.5 Å². The molecule has 1 heterocycles. The molecule has 34 heavy (non-hydrogen) atoms. The first-order valence-corrected chi connectivity index (χ1v) is 10.8. The van der Waals surface area contributed by atoms with Gasteiger partial charge in [0.1, 0.15) is 5.69 Å². The van der Waals surface area contributed by atoms with Gasteiger partial charge in [0.15, 0.2) is 0 Å². The van der Waals surface area contributed by atoms with Gasteiger partial charge in [0.25, 0.3) is 5.69 Å². The zero-order valence-electron chi connectivity index (χ0n) is 18.3. The molecule has 0 radical (unpaired) electrons. The number of nitro groups is 1. The van der Waals surface area contributed by atoms with Crippen LogP contribution in [0.5, 0.6) is 0 Å². The Morgan fingerprint density at radius 3 is 2.32 bits per heavy atom. The number of piperidine rings is 1. The van der Waals surface area contributed by atoms with Gasteiger partial charge in [-0.3, -0.25) is 19.7 Å². The third-order valence-corrected chi connectivity index (χ3v) is 5.84. The Morgan fingerprint density at radius 2 is 1.76 bits per heavy atom. The average molecular weight is 478 g/mol. The minimum absolute atomic E-state index is 0.0230. The van der Waals surface area contributed by atoms with Crippen molar-refractivity contribution in [3.63, 3.8) is 0 Å². The highest BCUT2D eigenvalue weighted by Gasteiger charge is 2.35. The van der Waals surface area contributed by atoms with Crippen LogP contribution >= 0.6 is 0 Å². The number of alkyl halides is 3. The summed E-state index contributed by atoms with van der Waals surface area (Å²) in [5.74, 6) is -1.04. The molecular formula is C23H25F3N4O4. The van der Waals surface area contributed by atoms with Crippen LogP contribution in [0.1, 0.15) is 30.4 Å². The Hall–Kier alpha value is -3.63. The van der Waals surface area contributed by atoms with E-state index in [9.17, 15) is 32.9 Å². The first kappa shape index (κ1) is 25.0. The number of nitrogens with zero attached hydrogens (tertiary/aromatic N) is 3. The lowest BCUT2D eigenvalue weighted by Gasteiger charge is -2.35. The lowest BCUT2D eigenvalue weighted by atomic mass is 9.94. The van der Waals surface area contributed by atoms with Crippen LogP contribution in [0.2, 0.25) is 0 Å². The van der Waals surface area contributed by atoms with Gasteiger partial charge in [-0.15, -0.1) is 0 Å². The van der Waals surface area contributed by atoms with Crippen LogP contribution in [-0.4, -0.2) is 41.3 Å². The maximum atomic E-state index is 13.2. The van der Waals surface area contributed by atoms with Crippen LogP contribution in [0, 0.1) is 16.0 Å². The number of amides is 2. The number of carbonyl (C=O) groups is 2. The van der Waals surface area contributed by atoms with Gasteiger partial charge in [-0.25, -0.2) is 0 Å². The van der Waals surface area contributed by atoms with Crippen LogP contribution in [-0.2, 0) is 22.3 Å². The zero-order valence-corrected chi connectivity index (χ0v) is 18.3. The van der Waals surface area contributed by atoms with E-state index >= 15 is 0 Å². The number of benzene rings is 2. The van der Waals surface area contributed by atoms with Gasteiger partial charge in [-0.2, -0.15) is 13.2 Å². The normalized spacial score (nSPS) is 14.6. The molecular weight excluding hydrogens is 453 g/mol. The van der Waals surface area contributed by atoms with Crippen molar-refractivity contribution in [1.82, 2.24) is 4.90 Å². The first-order valence-electron chi connectivity index (χ1n) is 10.8. The predicted molar refractivity (Wildman–Crippen MR) is 119 cm³/mol. The van der Waals surface area contributed by atoms with Crippen molar-refractivity contribution in [1.29, 1.82) is 0 Å². The number of primary amides is 1. The highest BCUT2D eigenvalue weighted by atomic mass is 19.4. The van der Waals surface area contributed by atoms with Crippen LogP contribution in [0.15, 0.2) is 48.5 Å². The second-order valence-corrected chi connectivity index (χ2v) is 8.18. The fraction of sp³-hybridized carbons (Fsp3) is 0.391. The van der Waals surface area contributed by atoms with E-state index in [1.54, 1.807) is 9.80 Å². The van der Waals surface area contributed by atoms with E-state index in [0.29, 0.717) is 25.5 Å². The van der Waals surface area contributed by atoms with Crippen molar-refractivity contribution in [2.24, 2.45) is 11.7 Å². The van der Waals surface area contributed by atoms with Gasteiger partial charge in [0.05, 0.1) is 10.5 Å². The zero-order chi connectivity index (χ0) is 24.9. The van der Waals surface area contributed by atoms with Crippen molar-refractivity contribution in [3.05, 3.63) is 69.8 Å². The van der Waals surface area contributed by atoms with Crippen molar-refractivity contribution < 1.29 is 27.7 Å². The first-order chi connectivity index (χ1) is 16.1. The molecule has 0 spiro atoms. The summed E-state index contributed by atoms with van der Waals surface area (Å²) in [6, 6.07) is 11.8. The summed E-state index contributed by atoms with van der Waals surface area (Å²) in [4.78, 5) is 38.3. The molecule has 0 unspecified atom stereocenters. The number of hydrogen-bond acceptors (Lipinski definition) is 5. The Bertz CT molecular complexity index is 1040. The van der Waals surface area contributed by atoms with E-state index in [2.05, 4.69) is 0 Å². The van der Waals surface area contributed by atoms with Crippen molar-refractivity contribution in [2.75, 3.05) is 24.5 Å². The number of nitro benzene ring substituents is 1. The summed E-state index contributed by atoms with van der Waals surface area (Å²) in [5, 5.41) is 11.4. The lowest BCUT2D eigenvalue weighted by Crippen LogP contribution is -2.43. The molecule has 1 aliphatic heterocycles. The number of carbonyl (C=O) groups excluding carboxylic acids is 2. The molecule has 11 heteroatoms. The second-order valence-electron chi connectivity index (χ2n) is 8.18. The fourth-order valence-electron chi connectivity index (χ4n) is 4.06. The summed E-state index contributed by atoms with van der Waals surface area (Å²) >= 11 is 0. The molecule has 1 aliphatic rings.